The summed E-state index contributed by atoms with van der Waals surface area (Å²) in [6.45, 7) is 5.62. The zero-order valence-corrected chi connectivity index (χ0v) is 13.3. The molecule has 1 aliphatic heterocycles. The summed E-state index contributed by atoms with van der Waals surface area (Å²) < 4.78 is 11.7. The molecule has 5 heteroatoms. The Morgan fingerprint density at radius 2 is 1.90 bits per heavy atom. The van der Waals surface area contributed by atoms with Crippen LogP contribution in [0, 0.1) is 13.8 Å². The molecular weight excluding hydrogens is 270 g/mol. The molecule has 2 N–H and O–H groups in total. The van der Waals surface area contributed by atoms with Crippen molar-refractivity contribution in [3.8, 4) is 11.5 Å². The molecule has 1 unspecified atom stereocenters. The van der Waals surface area contributed by atoms with Crippen LogP contribution in [0.5, 0.6) is 11.5 Å². The summed E-state index contributed by atoms with van der Waals surface area (Å²) in [6, 6.07) is 3.38. The van der Waals surface area contributed by atoms with Gasteiger partial charge in [0.05, 0.1) is 12.2 Å². The van der Waals surface area contributed by atoms with E-state index < -0.39 is 12.4 Å². The molecule has 0 aromatic heterocycles. The minimum atomic E-state index is -0.525. The zero-order chi connectivity index (χ0) is 15.7. The molecule has 0 amide bonds. The monoisotopic (exact) mass is 295 g/mol. The van der Waals surface area contributed by atoms with Crippen LogP contribution in [0.25, 0.3) is 0 Å². The maximum absolute atomic E-state index is 10.2. The van der Waals surface area contributed by atoms with Gasteiger partial charge in [-0.2, -0.15) is 0 Å². The normalized spacial score (nSPS) is 29.7. The summed E-state index contributed by atoms with van der Waals surface area (Å²) in [4.78, 5) is 2.00. The molecule has 21 heavy (non-hydrogen) atoms. The van der Waals surface area contributed by atoms with Gasteiger partial charge in [-0.05, 0) is 58.1 Å². The minimum absolute atomic E-state index is 0.00253. The van der Waals surface area contributed by atoms with E-state index in [4.69, 9.17) is 9.47 Å². The van der Waals surface area contributed by atoms with E-state index in [1.165, 1.54) is 0 Å². The number of hydrogen-bond donors (Lipinski definition) is 2. The van der Waals surface area contributed by atoms with Gasteiger partial charge in [0, 0.05) is 12.5 Å². The minimum Gasteiger partial charge on any atom is -0.508 e. The molecule has 1 fully saturated rings. The second-order valence-electron chi connectivity index (χ2n) is 5.98. The van der Waals surface area contributed by atoms with Crippen LogP contribution >= 0.6 is 0 Å². The molecule has 1 saturated heterocycles. The van der Waals surface area contributed by atoms with Gasteiger partial charge in [-0.25, -0.2) is 0 Å². The highest BCUT2D eigenvalue weighted by molar-refractivity contribution is 5.46. The third kappa shape index (κ3) is 3.31. The third-order valence-corrected chi connectivity index (χ3v) is 4.31. The summed E-state index contributed by atoms with van der Waals surface area (Å²) in [7, 11) is 3.89. The number of aliphatic hydroxyl groups is 1. The standard InChI is InChI=1S/C16H25NO4/c1-9-10(2)14(7-6-13(9)18)21-15-8-12(17(4)5)16(19)11(3)20-15/h6-7,11-12,15-16,18-19H,8H2,1-5H3/t11-,12?,15+,16+/m1/s1. The van der Waals surface area contributed by atoms with Gasteiger partial charge in [-0.1, -0.05) is 0 Å². The lowest BCUT2D eigenvalue weighted by atomic mass is 9.98. The molecule has 0 aliphatic carbocycles. The van der Waals surface area contributed by atoms with Crippen LogP contribution in [-0.4, -0.2) is 53.7 Å². The first-order valence-corrected chi connectivity index (χ1v) is 7.27. The summed E-state index contributed by atoms with van der Waals surface area (Å²) in [5.74, 6) is 0.968. The van der Waals surface area contributed by atoms with Crippen molar-refractivity contribution in [3.63, 3.8) is 0 Å². The number of phenols is 1. The summed E-state index contributed by atoms with van der Waals surface area (Å²) in [6.07, 6.45) is -0.617. The average molecular weight is 295 g/mol. The number of aromatic hydroxyl groups is 1. The molecule has 5 nitrogen and oxygen atoms in total. The van der Waals surface area contributed by atoms with Gasteiger partial charge in [0.2, 0.25) is 6.29 Å². The van der Waals surface area contributed by atoms with Crippen LogP contribution in [0.3, 0.4) is 0 Å². The molecule has 1 aliphatic rings. The lowest BCUT2D eigenvalue weighted by Gasteiger charge is -2.40. The Labute approximate surface area is 126 Å². The number of hydrogen-bond acceptors (Lipinski definition) is 5. The number of benzene rings is 1. The molecular formula is C16H25NO4. The van der Waals surface area contributed by atoms with Crippen molar-refractivity contribution < 1.29 is 19.7 Å². The molecule has 2 rings (SSSR count). The fourth-order valence-electron chi connectivity index (χ4n) is 2.67. The smallest absolute Gasteiger partial charge is 0.201 e. The van der Waals surface area contributed by atoms with Crippen LogP contribution < -0.4 is 4.74 Å². The van der Waals surface area contributed by atoms with E-state index in [9.17, 15) is 10.2 Å². The van der Waals surface area contributed by atoms with Crippen molar-refractivity contribution >= 4 is 0 Å². The number of aliphatic hydroxyl groups excluding tert-OH is 1. The van der Waals surface area contributed by atoms with Gasteiger partial charge in [-0.3, -0.25) is 0 Å². The van der Waals surface area contributed by atoms with E-state index in [-0.39, 0.29) is 17.9 Å². The fraction of sp³-hybridized carbons (Fsp3) is 0.625. The molecule has 118 valence electrons. The Morgan fingerprint density at radius 1 is 1.24 bits per heavy atom. The first kappa shape index (κ1) is 16.1. The largest absolute Gasteiger partial charge is 0.508 e. The summed E-state index contributed by atoms with van der Waals surface area (Å²) >= 11 is 0. The Bertz CT molecular complexity index is 503. The SMILES string of the molecule is Cc1c(O)ccc(O[C@H]2CC(N(C)C)[C@@H](O)[C@@H](C)O2)c1C. The predicted molar refractivity (Wildman–Crippen MR) is 80.6 cm³/mol. The number of phenolic OH excluding ortho intramolecular Hbond substituents is 1. The van der Waals surface area contributed by atoms with Crippen LogP contribution in [0.15, 0.2) is 12.1 Å². The first-order valence-electron chi connectivity index (χ1n) is 7.27. The lowest BCUT2D eigenvalue weighted by Crippen LogP contribution is -2.54. The third-order valence-electron chi connectivity index (χ3n) is 4.31. The van der Waals surface area contributed by atoms with Crippen LogP contribution in [0.4, 0.5) is 0 Å². The van der Waals surface area contributed by atoms with Gasteiger partial charge in [-0.15, -0.1) is 0 Å². The van der Waals surface area contributed by atoms with Crippen molar-refractivity contribution in [1.29, 1.82) is 0 Å². The van der Waals surface area contributed by atoms with Gasteiger partial charge in [0.1, 0.15) is 11.5 Å². The Hall–Kier alpha value is -1.30. The maximum Gasteiger partial charge on any atom is 0.201 e. The van der Waals surface area contributed by atoms with E-state index in [2.05, 4.69) is 0 Å². The second kappa shape index (κ2) is 6.22. The Morgan fingerprint density at radius 3 is 2.52 bits per heavy atom. The highest BCUT2D eigenvalue weighted by Gasteiger charge is 2.37. The van der Waals surface area contributed by atoms with Crippen LogP contribution in [-0.2, 0) is 4.74 Å². The number of ether oxygens (including phenoxy) is 2. The molecule has 4 atom stereocenters. The van der Waals surface area contributed by atoms with Gasteiger partial charge in [0.25, 0.3) is 0 Å². The van der Waals surface area contributed by atoms with E-state index in [0.29, 0.717) is 12.2 Å². The van der Waals surface area contributed by atoms with E-state index in [0.717, 1.165) is 11.1 Å². The summed E-state index contributed by atoms with van der Waals surface area (Å²) in [5, 5.41) is 19.9. The van der Waals surface area contributed by atoms with Crippen molar-refractivity contribution in [2.45, 2.75) is 51.7 Å². The lowest BCUT2D eigenvalue weighted by molar-refractivity contribution is -0.201. The van der Waals surface area contributed by atoms with Gasteiger partial charge < -0.3 is 24.6 Å². The highest BCUT2D eigenvalue weighted by atomic mass is 16.7. The fourth-order valence-corrected chi connectivity index (χ4v) is 2.67. The van der Waals surface area contributed by atoms with Gasteiger partial charge in [0.15, 0.2) is 0 Å². The average Bonchev–Trinajstić information content (AvgIpc) is 2.43. The number of nitrogens with zero attached hydrogens (tertiary/aromatic N) is 1. The molecule has 0 bridgehead atoms. The molecule has 0 saturated carbocycles. The molecule has 1 aromatic carbocycles. The number of likely N-dealkylation sites (N-methyl/N-ethyl adjacent to an activating group) is 1. The second-order valence-corrected chi connectivity index (χ2v) is 5.98. The van der Waals surface area contributed by atoms with Crippen LogP contribution in [0.2, 0.25) is 0 Å². The van der Waals surface area contributed by atoms with Crippen molar-refractivity contribution in [3.05, 3.63) is 23.3 Å². The Balaban J connectivity index is 2.15. The zero-order valence-electron chi connectivity index (χ0n) is 13.3. The van der Waals surface area contributed by atoms with E-state index >= 15 is 0 Å². The van der Waals surface area contributed by atoms with Crippen LogP contribution in [0.1, 0.15) is 24.5 Å². The van der Waals surface area contributed by atoms with Crippen molar-refractivity contribution in [2.24, 2.45) is 0 Å². The molecule has 0 radical (unpaired) electrons. The molecule has 1 heterocycles. The predicted octanol–water partition coefficient (Wildman–Crippen LogP) is 1.81. The van der Waals surface area contributed by atoms with E-state index in [1.807, 2.05) is 39.8 Å². The first-order chi connectivity index (χ1) is 9.81. The Kier molecular flexibility index (Phi) is 4.76. The molecule has 0 spiro atoms. The number of rotatable bonds is 3. The maximum atomic E-state index is 10.2. The van der Waals surface area contributed by atoms with Crippen molar-refractivity contribution in [2.75, 3.05) is 14.1 Å². The quantitative estimate of drug-likeness (QED) is 0.890. The highest BCUT2D eigenvalue weighted by Crippen LogP contribution is 2.31. The van der Waals surface area contributed by atoms with Gasteiger partial charge >= 0.3 is 0 Å². The topological polar surface area (TPSA) is 62.2 Å². The van der Waals surface area contributed by atoms with Crippen molar-refractivity contribution in [1.82, 2.24) is 4.90 Å². The summed E-state index contributed by atoms with van der Waals surface area (Å²) in [5.41, 5.74) is 1.71. The van der Waals surface area contributed by atoms with E-state index in [1.54, 1.807) is 12.1 Å². The molecule has 1 aromatic rings.